The first-order valence-corrected chi connectivity index (χ1v) is 6.80. The SMILES string of the molecule is NCCc1sc(-c2cccc(Br)c2)nc1Cl. The fourth-order valence-electron chi connectivity index (χ4n) is 1.36. The number of aromatic nitrogens is 1. The van der Waals surface area contributed by atoms with E-state index in [1.165, 1.54) is 0 Å². The minimum atomic E-state index is 0.574. The number of rotatable bonds is 3. The van der Waals surface area contributed by atoms with E-state index >= 15 is 0 Å². The maximum atomic E-state index is 6.05. The molecule has 0 bridgehead atoms. The fourth-order valence-corrected chi connectivity index (χ4v) is 3.07. The van der Waals surface area contributed by atoms with Crippen molar-refractivity contribution in [2.24, 2.45) is 5.73 Å². The molecule has 5 heteroatoms. The normalized spacial score (nSPS) is 10.7. The number of nitrogens with two attached hydrogens (primary N) is 1. The predicted molar refractivity (Wildman–Crippen MR) is 73.0 cm³/mol. The second kappa shape index (κ2) is 5.27. The molecule has 2 rings (SSSR count). The zero-order valence-electron chi connectivity index (χ0n) is 8.41. The molecule has 2 aromatic rings. The van der Waals surface area contributed by atoms with Gasteiger partial charge in [-0.25, -0.2) is 4.98 Å². The highest BCUT2D eigenvalue weighted by molar-refractivity contribution is 9.10. The van der Waals surface area contributed by atoms with Gasteiger partial charge in [-0.05, 0) is 25.1 Å². The summed E-state index contributed by atoms with van der Waals surface area (Å²) < 4.78 is 1.04. The maximum absolute atomic E-state index is 6.05. The molecule has 0 saturated heterocycles. The highest BCUT2D eigenvalue weighted by Crippen LogP contribution is 2.32. The van der Waals surface area contributed by atoms with Crippen LogP contribution in [0.1, 0.15) is 4.88 Å². The van der Waals surface area contributed by atoms with Crippen LogP contribution in [0.25, 0.3) is 10.6 Å². The molecule has 1 aromatic carbocycles. The van der Waals surface area contributed by atoms with E-state index in [1.807, 2.05) is 24.3 Å². The third-order valence-electron chi connectivity index (χ3n) is 2.09. The molecule has 2 nitrogen and oxygen atoms in total. The van der Waals surface area contributed by atoms with E-state index in [4.69, 9.17) is 17.3 Å². The van der Waals surface area contributed by atoms with Crippen LogP contribution in [0.3, 0.4) is 0 Å². The summed E-state index contributed by atoms with van der Waals surface area (Å²) in [4.78, 5) is 5.40. The van der Waals surface area contributed by atoms with Crippen molar-refractivity contribution in [2.45, 2.75) is 6.42 Å². The number of halogens is 2. The van der Waals surface area contributed by atoms with E-state index < -0.39 is 0 Å². The van der Waals surface area contributed by atoms with Gasteiger partial charge in [0.2, 0.25) is 0 Å². The summed E-state index contributed by atoms with van der Waals surface area (Å²) in [6.45, 7) is 0.597. The first kappa shape index (κ1) is 12.0. The molecule has 84 valence electrons. The van der Waals surface area contributed by atoms with Gasteiger partial charge in [0.1, 0.15) is 10.2 Å². The molecule has 0 amide bonds. The average molecular weight is 318 g/mol. The Balaban J connectivity index is 2.37. The van der Waals surface area contributed by atoms with Crippen molar-refractivity contribution in [2.75, 3.05) is 6.54 Å². The van der Waals surface area contributed by atoms with Crippen LogP contribution >= 0.6 is 38.9 Å². The lowest BCUT2D eigenvalue weighted by Gasteiger charge is -1.95. The van der Waals surface area contributed by atoms with Crippen LogP contribution in [-0.2, 0) is 6.42 Å². The smallest absolute Gasteiger partial charge is 0.143 e. The van der Waals surface area contributed by atoms with Crippen molar-refractivity contribution in [3.63, 3.8) is 0 Å². The summed E-state index contributed by atoms with van der Waals surface area (Å²) in [5, 5.41) is 1.51. The van der Waals surface area contributed by atoms with Crippen molar-refractivity contribution in [3.05, 3.63) is 38.8 Å². The number of hydrogen-bond donors (Lipinski definition) is 1. The van der Waals surface area contributed by atoms with Crippen molar-refractivity contribution in [1.82, 2.24) is 4.98 Å². The Morgan fingerprint density at radius 2 is 2.25 bits per heavy atom. The van der Waals surface area contributed by atoms with E-state index in [2.05, 4.69) is 20.9 Å². The summed E-state index contributed by atoms with van der Waals surface area (Å²) in [5.74, 6) is 0. The van der Waals surface area contributed by atoms with E-state index in [-0.39, 0.29) is 0 Å². The van der Waals surface area contributed by atoms with Crippen LogP contribution in [0.2, 0.25) is 5.15 Å². The molecular weight excluding hydrogens is 308 g/mol. The summed E-state index contributed by atoms with van der Waals surface area (Å²) in [7, 11) is 0. The van der Waals surface area contributed by atoms with Crippen LogP contribution < -0.4 is 5.73 Å². The number of benzene rings is 1. The summed E-state index contributed by atoms with van der Waals surface area (Å²) >= 11 is 11.1. The van der Waals surface area contributed by atoms with Gasteiger partial charge in [0.25, 0.3) is 0 Å². The molecule has 0 spiro atoms. The second-order valence-electron chi connectivity index (χ2n) is 3.28. The zero-order chi connectivity index (χ0) is 11.5. The molecule has 16 heavy (non-hydrogen) atoms. The van der Waals surface area contributed by atoms with Gasteiger partial charge in [-0.2, -0.15) is 0 Å². The van der Waals surface area contributed by atoms with Crippen LogP contribution in [0.5, 0.6) is 0 Å². The molecule has 1 aromatic heterocycles. The average Bonchev–Trinajstić information content (AvgIpc) is 2.61. The minimum absolute atomic E-state index is 0.574. The summed E-state index contributed by atoms with van der Waals surface area (Å²) in [6, 6.07) is 8.02. The van der Waals surface area contributed by atoms with Crippen LogP contribution in [0.4, 0.5) is 0 Å². The lowest BCUT2D eigenvalue weighted by atomic mass is 10.2. The Kier molecular flexibility index (Phi) is 3.97. The van der Waals surface area contributed by atoms with Crippen molar-refractivity contribution in [3.8, 4) is 10.6 Å². The predicted octanol–water partition coefficient (Wildman–Crippen LogP) is 3.73. The topological polar surface area (TPSA) is 38.9 Å². The van der Waals surface area contributed by atoms with Gasteiger partial charge < -0.3 is 5.73 Å². The molecule has 0 aliphatic rings. The minimum Gasteiger partial charge on any atom is -0.330 e. The molecule has 0 saturated carbocycles. The van der Waals surface area contributed by atoms with Gasteiger partial charge in [0, 0.05) is 14.9 Å². The zero-order valence-corrected chi connectivity index (χ0v) is 11.6. The molecule has 0 aliphatic heterocycles. The lowest BCUT2D eigenvalue weighted by Crippen LogP contribution is -2.01. The third kappa shape index (κ3) is 2.63. The van der Waals surface area contributed by atoms with Gasteiger partial charge in [-0.15, -0.1) is 11.3 Å². The molecule has 0 radical (unpaired) electrons. The van der Waals surface area contributed by atoms with Crippen LogP contribution in [0.15, 0.2) is 28.7 Å². The van der Waals surface area contributed by atoms with Gasteiger partial charge in [0.05, 0.1) is 0 Å². The Bertz CT molecular complexity index is 498. The number of hydrogen-bond acceptors (Lipinski definition) is 3. The number of thiazole rings is 1. The van der Waals surface area contributed by atoms with E-state index in [9.17, 15) is 0 Å². The first-order valence-electron chi connectivity index (χ1n) is 4.82. The quantitative estimate of drug-likeness (QED) is 0.937. The molecule has 0 unspecified atom stereocenters. The Labute approximate surface area is 112 Å². The van der Waals surface area contributed by atoms with Gasteiger partial charge >= 0.3 is 0 Å². The highest BCUT2D eigenvalue weighted by atomic mass is 79.9. The Hall–Kier alpha value is -0.420. The van der Waals surface area contributed by atoms with Gasteiger partial charge in [0.15, 0.2) is 0 Å². The molecule has 0 fully saturated rings. The van der Waals surface area contributed by atoms with Crippen molar-refractivity contribution < 1.29 is 0 Å². The Morgan fingerprint density at radius 1 is 1.44 bits per heavy atom. The monoisotopic (exact) mass is 316 g/mol. The summed E-state index contributed by atoms with van der Waals surface area (Å²) in [5.41, 5.74) is 6.59. The largest absolute Gasteiger partial charge is 0.330 e. The third-order valence-corrected chi connectivity index (χ3v) is 4.17. The Morgan fingerprint density at radius 3 is 2.94 bits per heavy atom. The second-order valence-corrected chi connectivity index (χ2v) is 5.64. The maximum Gasteiger partial charge on any atom is 0.143 e. The molecule has 1 heterocycles. The van der Waals surface area contributed by atoms with E-state index in [0.29, 0.717) is 11.7 Å². The lowest BCUT2D eigenvalue weighted by molar-refractivity contribution is 0.984. The number of nitrogens with zero attached hydrogens (tertiary/aromatic N) is 1. The highest BCUT2D eigenvalue weighted by Gasteiger charge is 2.10. The van der Waals surface area contributed by atoms with Crippen LogP contribution in [-0.4, -0.2) is 11.5 Å². The van der Waals surface area contributed by atoms with Gasteiger partial charge in [-0.1, -0.05) is 39.7 Å². The van der Waals surface area contributed by atoms with Crippen molar-refractivity contribution in [1.29, 1.82) is 0 Å². The van der Waals surface area contributed by atoms with E-state index in [1.54, 1.807) is 11.3 Å². The van der Waals surface area contributed by atoms with Crippen LogP contribution in [0, 0.1) is 0 Å². The first-order chi connectivity index (χ1) is 7.70. The molecule has 0 aliphatic carbocycles. The standard InChI is InChI=1S/C11H10BrClN2S/c12-8-3-1-2-7(6-8)11-15-10(13)9(16-11)4-5-14/h1-3,6H,4-5,14H2. The fraction of sp³-hybridized carbons (Fsp3) is 0.182. The molecular formula is C11H10BrClN2S. The van der Waals surface area contributed by atoms with E-state index in [0.717, 1.165) is 26.3 Å². The molecule has 2 N–H and O–H groups in total. The van der Waals surface area contributed by atoms with Gasteiger partial charge in [-0.3, -0.25) is 0 Å². The summed E-state index contributed by atoms with van der Waals surface area (Å²) in [6.07, 6.45) is 0.782. The molecule has 0 atom stereocenters. The van der Waals surface area contributed by atoms with Crippen molar-refractivity contribution >= 4 is 38.9 Å².